The molecule has 0 rings (SSSR count). The highest BCUT2D eigenvalue weighted by Gasteiger charge is 2.27. The van der Waals surface area contributed by atoms with Crippen LogP contribution in [-0.4, -0.2) is 74.9 Å². The minimum atomic E-state index is -4.40. The summed E-state index contributed by atoms with van der Waals surface area (Å²) in [4.78, 5) is 35.9. The summed E-state index contributed by atoms with van der Waals surface area (Å²) >= 11 is 0. The standard InChI is InChI=1S/C74H130NO8P/c1-6-8-10-12-14-16-18-20-22-24-26-28-30-32-34-35-36-37-38-39-41-43-45-47-49-51-53-55-57-59-61-63-65-67-74(77)83-72(71-82-84(78,79)81-69-68-75(3,4)5)70-80-73(76)66-64-62-60-58-56-54-52-50-48-46-44-42-40-33-31-29-27-25-23-21-19-17-15-13-11-9-7-2/h8-11,14-17,20-23,26-29,32,34,72H,6-7,12-13,18-19,24-25,30-31,33,35-71H2,1-5H3/p+1/b10-8-,11-9-,16-14-,17-15-,22-20-,23-21-,28-26-,29-27-,34-32-. The van der Waals surface area contributed by atoms with Crippen LogP contribution >= 0.6 is 7.82 Å². The Morgan fingerprint density at radius 2 is 0.643 bits per heavy atom. The molecule has 0 aliphatic carbocycles. The van der Waals surface area contributed by atoms with E-state index >= 15 is 0 Å². The Morgan fingerprint density at radius 1 is 0.369 bits per heavy atom. The van der Waals surface area contributed by atoms with E-state index in [1.807, 2.05) is 21.1 Å². The molecule has 0 aromatic carbocycles. The summed E-state index contributed by atoms with van der Waals surface area (Å²) in [6.45, 7) is 4.24. The van der Waals surface area contributed by atoms with Gasteiger partial charge in [0.15, 0.2) is 6.10 Å². The van der Waals surface area contributed by atoms with Crippen LogP contribution in [0.5, 0.6) is 0 Å². The number of hydrogen-bond acceptors (Lipinski definition) is 7. The first-order chi connectivity index (χ1) is 41.0. The van der Waals surface area contributed by atoms with Gasteiger partial charge in [0.1, 0.15) is 19.8 Å². The third-order valence-corrected chi connectivity index (χ3v) is 15.8. The van der Waals surface area contributed by atoms with Gasteiger partial charge in [0.05, 0.1) is 27.7 Å². The zero-order valence-electron chi connectivity index (χ0n) is 55.1. The molecule has 1 N–H and O–H groups in total. The monoisotopic (exact) mass is 1190 g/mol. The van der Waals surface area contributed by atoms with E-state index in [0.717, 1.165) is 89.9 Å². The Bertz CT molecular complexity index is 1790. The highest BCUT2D eigenvalue weighted by atomic mass is 31.2. The average Bonchev–Trinajstić information content (AvgIpc) is 3.61. The Balaban J connectivity index is 4.04. The predicted molar refractivity (Wildman–Crippen MR) is 362 cm³/mol. The molecule has 484 valence electrons. The number of unbranched alkanes of at least 4 members (excludes halogenated alkanes) is 31. The van der Waals surface area contributed by atoms with Crippen LogP contribution in [0, 0.1) is 0 Å². The van der Waals surface area contributed by atoms with Crippen LogP contribution in [0.3, 0.4) is 0 Å². The van der Waals surface area contributed by atoms with Gasteiger partial charge in [-0.3, -0.25) is 18.6 Å². The van der Waals surface area contributed by atoms with Crippen molar-refractivity contribution in [2.24, 2.45) is 0 Å². The van der Waals surface area contributed by atoms with Crippen molar-refractivity contribution in [3.05, 3.63) is 109 Å². The molecule has 0 saturated heterocycles. The van der Waals surface area contributed by atoms with Gasteiger partial charge in [-0.2, -0.15) is 0 Å². The molecular formula is C74H131NO8P+. The summed E-state index contributed by atoms with van der Waals surface area (Å²) < 4.78 is 34.7. The second-order valence-corrected chi connectivity index (χ2v) is 25.6. The van der Waals surface area contributed by atoms with Crippen LogP contribution in [0.1, 0.15) is 296 Å². The van der Waals surface area contributed by atoms with Gasteiger partial charge in [-0.15, -0.1) is 0 Å². The molecule has 9 nitrogen and oxygen atoms in total. The van der Waals surface area contributed by atoms with Crippen LogP contribution in [0.4, 0.5) is 0 Å². The van der Waals surface area contributed by atoms with Crippen molar-refractivity contribution in [1.29, 1.82) is 0 Å². The second kappa shape index (κ2) is 64.2. The molecule has 0 fully saturated rings. The molecule has 0 aromatic heterocycles. The number of carbonyl (C=O) groups is 2. The van der Waals surface area contributed by atoms with E-state index in [0.29, 0.717) is 17.4 Å². The fraction of sp³-hybridized carbons (Fsp3) is 0.730. The number of allylic oxidation sites excluding steroid dienone is 18. The fourth-order valence-electron chi connectivity index (χ4n) is 9.57. The Kier molecular flexibility index (Phi) is 61.6. The quantitative estimate of drug-likeness (QED) is 0.0211. The third kappa shape index (κ3) is 67.8. The Labute approximate surface area is 518 Å². The number of carbonyl (C=O) groups excluding carboxylic acids is 2. The van der Waals surface area contributed by atoms with Crippen molar-refractivity contribution in [2.75, 3.05) is 47.5 Å². The van der Waals surface area contributed by atoms with Gasteiger partial charge in [-0.1, -0.05) is 297 Å². The predicted octanol–water partition coefficient (Wildman–Crippen LogP) is 22.5. The molecular weight excluding hydrogens is 1060 g/mol. The number of esters is 2. The highest BCUT2D eigenvalue weighted by molar-refractivity contribution is 7.47. The van der Waals surface area contributed by atoms with Gasteiger partial charge in [0.2, 0.25) is 0 Å². The topological polar surface area (TPSA) is 108 Å². The molecule has 84 heavy (non-hydrogen) atoms. The van der Waals surface area contributed by atoms with Crippen LogP contribution < -0.4 is 0 Å². The molecule has 0 aromatic rings. The second-order valence-electron chi connectivity index (χ2n) is 24.2. The molecule has 0 saturated carbocycles. The first-order valence-electron chi connectivity index (χ1n) is 34.6. The maximum atomic E-state index is 12.9. The molecule has 0 aliphatic heterocycles. The van der Waals surface area contributed by atoms with Gasteiger partial charge >= 0.3 is 19.8 Å². The van der Waals surface area contributed by atoms with Gasteiger partial charge in [-0.05, 0) is 96.3 Å². The molecule has 0 heterocycles. The normalized spacial score (nSPS) is 13.8. The van der Waals surface area contributed by atoms with E-state index in [2.05, 4.69) is 123 Å². The van der Waals surface area contributed by atoms with E-state index in [9.17, 15) is 19.0 Å². The highest BCUT2D eigenvalue weighted by Crippen LogP contribution is 2.43. The largest absolute Gasteiger partial charge is 0.472 e. The lowest BCUT2D eigenvalue weighted by Gasteiger charge is -2.24. The number of ether oxygens (including phenoxy) is 2. The number of rotatable bonds is 63. The summed E-state index contributed by atoms with van der Waals surface area (Å²) in [5.74, 6) is -0.791. The number of phosphoric acid groups is 1. The average molecular weight is 1190 g/mol. The molecule has 0 radical (unpaired) electrons. The van der Waals surface area contributed by atoms with Gasteiger partial charge in [0, 0.05) is 12.8 Å². The van der Waals surface area contributed by atoms with E-state index in [4.69, 9.17) is 18.5 Å². The molecule has 2 atom stereocenters. The van der Waals surface area contributed by atoms with E-state index < -0.39 is 26.5 Å². The van der Waals surface area contributed by atoms with Crippen LogP contribution in [0.25, 0.3) is 0 Å². The maximum absolute atomic E-state index is 12.9. The molecule has 0 aliphatic rings. The molecule has 0 amide bonds. The summed E-state index contributed by atoms with van der Waals surface area (Å²) in [5, 5.41) is 0. The number of nitrogens with zero attached hydrogens (tertiary/aromatic N) is 1. The first-order valence-corrected chi connectivity index (χ1v) is 36.1. The van der Waals surface area contributed by atoms with Crippen molar-refractivity contribution >= 4 is 19.8 Å². The Morgan fingerprint density at radius 3 is 0.952 bits per heavy atom. The lowest BCUT2D eigenvalue weighted by molar-refractivity contribution is -0.870. The molecule has 2 unspecified atom stereocenters. The van der Waals surface area contributed by atoms with E-state index in [-0.39, 0.29) is 32.0 Å². The smallest absolute Gasteiger partial charge is 0.462 e. The number of phosphoric ester groups is 1. The zero-order chi connectivity index (χ0) is 61.2. The first kappa shape index (κ1) is 80.7. The maximum Gasteiger partial charge on any atom is 0.472 e. The Hall–Kier alpha value is -3.33. The summed E-state index contributed by atoms with van der Waals surface area (Å²) in [5.41, 5.74) is 0. The van der Waals surface area contributed by atoms with Crippen LogP contribution in [0.2, 0.25) is 0 Å². The number of quaternary nitrogens is 1. The minimum Gasteiger partial charge on any atom is -0.462 e. The molecule has 0 spiro atoms. The lowest BCUT2D eigenvalue weighted by Crippen LogP contribution is -2.37. The molecule has 0 bridgehead atoms. The van der Waals surface area contributed by atoms with Crippen molar-refractivity contribution in [3.63, 3.8) is 0 Å². The van der Waals surface area contributed by atoms with Crippen LogP contribution in [0.15, 0.2) is 109 Å². The number of hydrogen-bond donors (Lipinski definition) is 1. The SMILES string of the molecule is CC/C=C\C/C=C\C/C=C\C/C=C\C/C=C\CCCCCCCCCCCCCCCCCCCC(=O)OC(COC(=O)CCCCCCCCCCCCCCCC/C=C\C/C=C\C/C=C\C/C=C\CC)COP(=O)(O)OCC[N+](C)(C)C. The van der Waals surface area contributed by atoms with Gasteiger partial charge in [-0.25, -0.2) is 4.57 Å². The third-order valence-electron chi connectivity index (χ3n) is 14.8. The van der Waals surface area contributed by atoms with Crippen molar-refractivity contribution in [1.82, 2.24) is 0 Å². The summed E-state index contributed by atoms with van der Waals surface area (Å²) in [6.07, 6.45) is 90.4. The van der Waals surface area contributed by atoms with Crippen molar-refractivity contribution < 1.29 is 42.1 Å². The lowest BCUT2D eigenvalue weighted by atomic mass is 10.0. The minimum absolute atomic E-state index is 0.0291. The fourth-order valence-corrected chi connectivity index (χ4v) is 10.3. The van der Waals surface area contributed by atoms with Crippen LogP contribution in [-0.2, 0) is 32.7 Å². The molecule has 10 heteroatoms. The summed E-state index contributed by atoms with van der Waals surface area (Å²) in [6, 6.07) is 0. The van der Waals surface area contributed by atoms with Gasteiger partial charge < -0.3 is 18.9 Å². The van der Waals surface area contributed by atoms with Gasteiger partial charge in [0.25, 0.3) is 0 Å². The van der Waals surface area contributed by atoms with E-state index in [1.54, 1.807) is 0 Å². The van der Waals surface area contributed by atoms with Crippen molar-refractivity contribution in [3.8, 4) is 0 Å². The number of likely N-dealkylation sites (N-methyl/N-ethyl adjacent to an activating group) is 1. The zero-order valence-corrected chi connectivity index (χ0v) is 56.0. The van der Waals surface area contributed by atoms with E-state index in [1.165, 1.54) is 173 Å². The van der Waals surface area contributed by atoms with Crippen molar-refractivity contribution in [2.45, 2.75) is 302 Å². The summed E-state index contributed by atoms with van der Waals surface area (Å²) in [7, 11) is 1.48.